The predicted octanol–water partition coefficient (Wildman–Crippen LogP) is 2.71. The third-order valence-electron chi connectivity index (χ3n) is 4.52. The van der Waals surface area contributed by atoms with Crippen molar-refractivity contribution in [2.24, 2.45) is 5.41 Å². The molecule has 1 aromatic heterocycles. The van der Waals surface area contributed by atoms with Gasteiger partial charge in [0, 0.05) is 19.3 Å². The van der Waals surface area contributed by atoms with Crippen LogP contribution in [0.1, 0.15) is 49.0 Å². The molecule has 1 saturated carbocycles. The SMILES string of the molecule is C=CCOc1cccnc1C(=O)NCC1(CCO)CCCCC1. The standard InChI is InChI=1S/C18H26N2O3/c1-2-13-23-15-7-6-11-19-16(15)17(22)20-14-18(10-12-21)8-4-3-5-9-18/h2,6-7,11,21H,1,3-5,8-10,12-14H2,(H,20,22). The quantitative estimate of drug-likeness (QED) is 0.723. The van der Waals surface area contributed by atoms with Crippen LogP contribution in [0.3, 0.4) is 0 Å². The average Bonchev–Trinajstić information content (AvgIpc) is 2.59. The molecule has 23 heavy (non-hydrogen) atoms. The summed E-state index contributed by atoms with van der Waals surface area (Å²) in [5, 5.41) is 12.3. The molecule has 5 heteroatoms. The summed E-state index contributed by atoms with van der Waals surface area (Å²) in [7, 11) is 0. The second-order valence-corrected chi connectivity index (χ2v) is 6.17. The van der Waals surface area contributed by atoms with Gasteiger partial charge < -0.3 is 15.2 Å². The molecular weight excluding hydrogens is 292 g/mol. The predicted molar refractivity (Wildman–Crippen MR) is 89.5 cm³/mol. The van der Waals surface area contributed by atoms with Gasteiger partial charge in [0.2, 0.25) is 0 Å². The Labute approximate surface area is 137 Å². The van der Waals surface area contributed by atoms with Crippen molar-refractivity contribution < 1.29 is 14.6 Å². The van der Waals surface area contributed by atoms with Crippen LogP contribution >= 0.6 is 0 Å². The van der Waals surface area contributed by atoms with Crippen LogP contribution in [0.15, 0.2) is 31.0 Å². The normalized spacial score (nSPS) is 16.6. The van der Waals surface area contributed by atoms with E-state index in [-0.39, 0.29) is 17.9 Å². The van der Waals surface area contributed by atoms with Gasteiger partial charge in [0.05, 0.1) is 0 Å². The van der Waals surface area contributed by atoms with E-state index >= 15 is 0 Å². The van der Waals surface area contributed by atoms with Gasteiger partial charge >= 0.3 is 0 Å². The number of hydrogen-bond donors (Lipinski definition) is 2. The van der Waals surface area contributed by atoms with Crippen LogP contribution in [0.25, 0.3) is 0 Å². The fourth-order valence-corrected chi connectivity index (χ4v) is 3.23. The zero-order chi connectivity index (χ0) is 16.5. The second-order valence-electron chi connectivity index (χ2n) is 6.17. The maximum atomic E-state index is 12.5. The number of carbonyl (C=O) groups excluding carboxylic acids is 1. The molecule has 0 bridgehead atoms. The second kappa shape index (κ2) is 8.67. The molecule has 0 radical (unpaired) electrons. The van der Waals surface area contributed by atoms with Crippen LogP contribution in [0.5, 0.6) is 5.75 Å². The molecule has 0 saturated heterocycles. The zero-order valence-corrected chi connectivity index (χ0v) is 13.6. The Morgan fingerprint density at radius 2 is 2.22 bits per heavy atom. The summed E-state index contributed by atoms with van der Waals surface area (Å²) in [5.74, 6) is 0.234. The molecule has 2 N–H and O–H groups in total. The monoisotopic (exact) mass is 318 g/mol. The Hall–Kier alpha value is -1.88. The van der Waals surface area contributed by atoms with Crippen molar-refractivity contribution >= 4 is 5.91 Å². The molecule has 1 aromatic rings. The molecule has 1 amide bonds. The van der Waals surface area contributed by atoms with Gasteiger partial charge in [0.25, 0.3) is 5.91 Å². The molecule has 5 nitrogen and oxygen atoms in total. The van der Waals surface area contributed by atoms with Crippen LogP contribution < -0.4 is 10.1 Å². The number of rotatable bonds is 8. The number of pyridine rings is 1. The van der Waals surface area contributed by atoms with Gasteiger partial charge in [-0.3, -0.25) is 4.79 Å². The van der Waals surface area contributed by atoms with Gasteiger partial charge in [0.15, 0.2) is 11.4 Å². The highest BCUT2D eigenvalue weighted by Crippen LogP contribution is 2.38. The Bertz CT molecular complexity index is 519. The molecule has 1 aliphatic rings. The van der Waals surface area contributed by atoms with Gasteiger partial charge in [-0.05, 0) is 36.8 Å². The third kappa shape index (κ3) is 4.79. The molecule has 1 fully saturated rings. The Morgan fingerprint density at radius 1 is 1.43 bits per heavy atom. The minimum atomic E-state index is -0.229. The number of nitrogens with zero attached hydrogens (tertiary/aromatic N) is 1. The molecule has 1 heterocycles. The molecule has 0 aliphatic heterocycles. The van der Waals surface area contributed by atoms with Crippen molar-refractivity contribution in [3.05, 3.63) is 36.7 Å². The lowest BCUT2D eigenvalue weighted by atomic mass is 9.72. The molecule has 0 unspecified atom stereocenters. The lowest BCUT2D eigenvalue weighted by Crippen LogP contribution is -2.40. The van der Waals surface area contributed by atoms with E-state index in [0.717, 1.165) is 32.1 Å². The first-order chi connectivity index (χ1) is 11.2. The minimum absolute atomic E-state index is 0.0135. The highest BCUT2D eigenvalue weighted by molar-refractivity contribution is 5.94. The van der Waals surface area contributed by atoms with E-state index < -0.39 is 0 Å². The number of ether oxygens (including phenoxy) is 1. The van der Waals surface area contributed by atoms with E-state index in [9.17, 15) is 9.90 Å². The van der Waals surface area contributed by atoms with E-state index in [2.05, 4.69) is 16.9 Å². The summed E-state index contributed by atoms with van der Waals surface area (Å²) in [6.07, 6.45) is 9.61. The Balaban J connectivity index is 2.02. The van der Waals surface area contributed by atoms with Gasteiger partial charge in [-0.1, -0.05) is 31.9 Å². The van der Waals surface area contributed by atoms with Crippen molar-refractivity contribution in [3.63, 3.8) is 0 Å². The number of nitrogens with one attached hydrogen (secondary N) is 1. The molecule has 0 atom stereocenters. The van der Waals surface area contributed by atoms with Crippen molar-refractivity contribution in [3.8, 4) is 5.75 Å². The van der Waals surface area contributed by atoms with Crippen LogP contribution in [0.2, 0.25) is 0 Å². The van der Waals surface area contributed by atoms with Gasteiger partial charge in [-0.2, -0.15) is 0 Å². The number of hydrogen-bond acceptors (Lipinski definition) is 4. The minimum Gasteiger partial charge on any atom is -0.487 e. The van der Waals surface area contributed by atoms with Crippen molar-refractivity contribution in [2.45, 2.75) is 38.5 Å². The number of aromatic nitrogens is 1. The van der Waals surface area contributed by atoms with E-state index in [1.807, 2.05) is 0 Å². The Morgan fingerprint density at radius 3 is 2.91 bits per heavy atom. The van der Waals surface area contributed by atoms with E-state index in [0.29, 0.717) is 24.6 Å². The zero-order valence-electron chi connectivity index (χ0n) is 13.6. The first kappa shape index (κ1) is 17.5. The first-order valence-electron chi connectivity index (χ1n) is 8.28. The van der Waals surface area contributed by atoms with Crippen LogP contribution in [0.4, 0.5) is 0 Å². The molecule has 126 valence electrons. The average molecular weight is 318 g/mol. The van der Waals surface area contributed by atoms with Crippen LogP contribution in [0, 0.1) is 5.41 Å². The molecule has 2 rings (SSSR count). The summed E-state index contributed by atoms with van der Waals surface area (Å²) in [6.45, 7) is 4.67. The molecular formula is C18H26N2O3. The third-order valence-corrected chi connectivity index (χ3v) is 4.52. The van der Waals surface area contributed by atoms with Gasteiger partial charge in [-0.15, -0.1) is 0 Å². The van der Waals surface area contributed by atoms with E-state index in [1.165, 1.54) is 6.42 Å². The van der Waals surface area contributed by atoms with Crippen molar-refractivity contribution in [1.82, 2.24) is 10.3 Å². The fraction of sp³-hybridized carbons (Fsp3) is 0.556. The highest BCUT2D eigenvalue weighted by atomic mass is 16.5. The van der Waals surface area contributed by atoms with Crippen LogP contribution in [-0.2, 0) is 0 Å². The lowest BCUT2D eigenvalue weighted by Gasteiger charge is -2.37. The summed E-state index contributed by atoms with van der Waals surface area (Å²) >= 11 is 0. The molecule has 1 aliphatic carbocycles. The summed E-state index contributed by atoms with van der Waals surface area (Å²) < 4.78 is 5.49. The summed E-state index contributed by atoms with van der Waals surface area (Å²) in [5.41, 5.74) is 0.309. The number of carbonyl (C=O) groups is 1. The first-order valence-corrected chi connectivity index (χ1v) is 8.28. The summed E-state index contributed by atoms with van der Waals surface area (Å²) in [4.78, 5) is 16.6. The largest absolute Gasteiger partial charge is 0.487 e. The fourth-order valence-electron chi connectivity index (χ4n) is 3.23. The van der Waals surface area contributed by atoms with E-state index in [4.69, 9.17) is 4.74 Å². The topological polar surface area (TPSA) is 71.5 Å². The maximum Gasteiger partial charge on any atom is 0.273 e. The van der Waals surface area contributed by atoms with Crippen LogP contribution in [-0.4, -0.2) is 35.8 Å². The lowest BCUT2D eigenvalue weighted by molar-refractivity contribution is 0.0861. The van der Waals surface area contributed by atoms with Gasteiger partial charge in [0.1, 0.15) is 6.61 Å². The smallest absolute Gasteiger partial charge is 0.273 e. The molecule has 0 aromatic carbocycles. The molecule has 0 spiro atoms. The van der Waals surface area contributed by atoms with E-state index in [1.54, 1.807) is 24.4 Å². The van der Waals surface area contributed by atoms with Crippen molar-refractivity contribution in [2.75, 3.05) is 19.8 Å². The van der Waals surface area contributed by atoms with Gasteiger partial charge in [-0.25, -0.2) is 4.98 Å². The number of aliphatic hydroxyl groups excluding tert-OH is 1. The van der Waals surface area contributed by atoms with Crippen molar-refractivity contribution in [1.29, 1.82) is 0 Å². The Kier molecular flexibility index (Phi) is 6.59. The number of aliphatic hydroxyl groups is 1. The highest BCUT2D eigenvalue weighted by Gasteiger charge is 2.32. The summed E-state index contributed by atoms with van der Waals surface area (Å²) in [6, 6.07) is 3.47. The number of amides is 1. The maximum absolute atomic E-state index is 12.5.